The first-order valence-corrected chi connectivity index (χ1v) is 7.10. The molecule has 0 radical (unpaired) electrons. The summed E-state index contributed by atoms with van der Waals surface area (Å²) in [5, 5.41) is 4.32. The maximum atomic E-state index is 12.5. The number of carbonyl (C=O) groups excluding carboxylic acids is 1. The standard InChI is InChI=1S/C16H19N3O.2ClH/c1-17-13-6-4-10-19(11-13)16(20)15-9-8-12-5-2-3-7-14(12)18-15;;/h2-3,5,7-9,13,17H,4,6,10-11H2,1H3;2*1H. The largest absolute Gasteiger partial charge is 0.336 e. The number of aromatic nitrogens is 1. The lowest BCUT2D eigenvalue weighted by Crippen LogP contribution is -2.47. The van der Waals surface area contributed by atoms with Crippen LogP contribution >= 0.6 is 24.8 Å². The Morgan fingerprint density at radius 1 is 1.23 bits per heavy atom. The molecule has 6 heteroatoms. The first-order valence-electron chi connectivity index (χ1n) is 7.10. The molecule has 1 amide bonds. The van der Waals surface area contributed by atoms with E-state index in [-0.39, 0.29) is 30.7 Å². The van der Waals surface area contributed by atoms with Crippen LogP contribution in [0.1, 0.15) is 23.3 Å². The molecule has 2 heterocycles. The zero-order chi connectivity index (χ0) is 13.9. The summed E-state index contributed by atoms with van der Waals surface area (Å²) in [6, 6.07) is 12.1. The van der Waals surface area contributed by atoms with Crippen molar-refractivity contribution >= 4 is 41.6 Å². The molecule has 1 N–H and O–H groups in total. The van der Waals surface area contributed by atoms with Crippen molar-refractivity contribution in [1.29, 1.82) is 0 Å². The predicted octanol–water partition coefficient (Wildman–Crippen LogP) is 2.90. The highest BCUT2D eigenvalue weighted by Gasteiger charge is 2.24. The first kappa shape index (κ1) is 18.7. The second-order valence-corrected chi connectivity index (χ2v) is 5.27. The van der Waals surface area contributed by atoms with Gasteiger partial charge in [-0.05, 0) is 32.0 Å². The number of nitrogens with one attached hydrogen (secondary N) is 1. The summed E-state index contributed by atoms with van der Waals surface area (Å²) in [6.07, 6.45) is 2.18. The van der Waals surface area contributed by atoms with E-state index < -0.39 is 0 Å². The van der Waals surface area contributed by atoms with Gasteiger partial charge in [-0.15, -0.1) is 24.8 Å². The highest BCUT2D eigenvalue weighted by molar-refractivity contribution is 5.95. The molecule has 0 aliphatic carbocycles. The number of fused-ring (bicyclic) bond motifs is 1. The summed E-state index contributed by atoms with van der Waals surface area (Å²) < 4.78 is 0. The van der Waals surface area contributed by atoms with Crippen molar-refractivity contribution in [2.45, 2.75) is 18.9 Å². The molecule has 1 aliphatic heterocycles. The Bertz CT molecular complexity index is 636. The molecule has 1 unspecified atom stereocenters. The lowest BCUT2D eigenvalue weighted by Gasteiger charge is -2.32. The van der Waals surface area contributed by atoms with Crippen LogP contribution in [-0.4, -0.2) is 42.0 Å². The second kappa shape index (κ2) is 8.32. The predicted molar refractivity (Wildman–Crippen MR) is 94.2 cm³/mol. The van der Waals surface area contributed by atoms with Gasteiger partial charge in [0.25, 0.3) is 5.91 Å². The van der Waals surface area contributed by atoms with Crippen LogP contribution < -0.4 is 5.32 Å². The van der Waals surface area contributed by atoms with Crippen molar-refractivity contribution in [3.05, 3.63) is 42.1 Å². The molecule has 22 heavy (non-hydrogen) atoms. The van der Waals surface area contributed by atoms with Crippen LogP contribution in [0.4, 0.5) is 0 Å². The summed E-state index contributed by atoms with van der Waals surface area (Å²) >= 11 is 0. The number of hydrogen-bond donors (Lipinski definition) is 1. The Morgan fingerprint density at radius 2 is 2.00 bits per heavy atom. The van der Waals surface area contributed by atoms with E-state index in [2.05, 4.69) is 10.3 Å². The SMILES string of the molecule is CNC1CCCN(C(=O)c2ccc3ccccc3n2)C1.Cl.Cl. The molecule has 4 nitrogen and oxygen atoms in total. The Kier molecular flexibility index (Phi) is 7.07. The molecule has 0 saturated carbocycles. The summed E-state index contributed by atoms with van der Waals surface area (Å²) in [6.45, 7) is 1.59. The zero-order valence-electron chi connectivity index (χ0n) is 12.5. The van der Waals surface area contributed by atoms with Gasteiger partial charge in [-0.25, -0.2) is 4.98 Å². The third kappa shape index (κ3) is 3.88. The van der Waals surface area contributed by atoms with Crippen LogP contribution in [0.2, 0.25) is 0 Å². The molecule has 1 aromatic heterocycles. The Balaban J connectivity index is 0.00000121. The van der Waals surface area contributed by atoms with Gasteiger partial charge < -0.3 is 10.2 Å². The number of benzene rings is 1. The van der Waals surface area contributed by atoms with Crippen molar-refractivity contribution in [1.82, 2.24) is 15.2 Å². The van der Waals surface area contributed by atoms with Crippen molar-refractivity contribution < 1.29 is 4.79 Å². The summed E-state index contributed by atoms with van der Waals surface area (Å²) in [7, 11) is 1.95. The maximum absolute atomic E-state index is 12.5. The number of hydrogen-bond acceptors (Lipinski definition) is 3. The molecule has 1 fully saturated rings. The van der Waals surface area contributed by atoms with E-state index in [0.29, 0.717) is 11.7 Å². The minimum absolute atomic E-state index is 0. The number of nitrogens with zero attached hydrogens (tertiary/aromatic N) is 2. The minimum atomic E-state index is 0. The van der Waals surface area contributed by atoms with Gasteiger partial charge in [0.2, 0.25) is 0 Å². The molecule has 1 aromatic carbocycles. The number of pyridine rings is 1. The van der Waals surface area contributed by atoms with Gasteiger partial charge in [-0.1, -0.05) is 24.3 Å². The number of halogens is 2. The third-order valence-electron chi connectivity index (χ3n) is 3.93. The van der Waals surface area contributed by atoms with E-state index in [1.165, 1.54) is 0 Å². The van der Waals surface area contributed by atoms with Crippen molar-refractivity contribution in [2.75, 3.05) is 20.1 Å². The minimum Gasteiger partial charge on any atom is -0.336 e. The van der Waals surface area contributed by atoms with E-state index in [4.69, 9.17) is 0 Å². The maximum Gasteiger partial charge on any atom is 0.272 e. The fraction of sp³-hybridized carbons (Fsp3) is 0.375. The van der Waals surface area contributed by atoms with Gasteiger partial charge in [0.15, 0.2) is 0 Å². The highest BCUT2D eigenvalue weighted by atomic mass is 35.5. The van der Waals surface area contributed by atoms with Crippen molar-refractivity contribution in [3.8, 4) is 0 Å². The van der Waals surface area contributed by atoms with E-state index in [1.807, 2.05) is 48.3 Å². The Morgan fingerprint density at radius 3 is 2.77 bits per heavy atom. The number of para-hydroxylation sites is 1. The van der Waals surface area contributed by atoms with E-state index in [1.54, 1.807) is 0 Å². The Hall–Kier alpha value is -1.36. The number of piperidine rings is 1. The molecule has 1 aliphatic rings. The second-order valence-electron chi connectivity index (χ2n) is 5.27. The normalized spacial score (nSPS) is 17.5. The summed E-state index contributed by atoms with van der Waals surface area (Å²) in [5.41, 5.74) is 1.42. The average molecular weight is 342 g/mol. The van der Waals surface area contributed by atoms with Crippen LogP contribution in [0.25, 0.3) is 10.9 Å². The van der Waals surface area contributed by atoms with Gasteiger partial charge in [-0.3, -0.25) is 4.79 Å². The number of amides is 1. The van der Waals surface area contributed by atoms with Crippen molar-refractivity contribution in [3.63, 3.8) is 0 Å². The first-order chi connectivity index (χ1) is 9.78. The molecular formula is C16H21Cl2N3O. The van der Waals surface area contributed by atoms with Crippen LogP contribution in [0.3, 0.4) is 0 Å². The van der Waals surface area contributed by atoms with E-state index >= 15 is 0 Å². The van der Waals surface area contributed by atoms with Crippen LogP contribution in [0.5, 0.6) is 0 Å². The van der Waals surface area contributed by atoms with Crippen LogP contribution in [0.15, 0.2) is 36.4 Å². The zero-order valence-corrected chi connectivity index (χ0v) is 14.1. The number of likely N-dealkylation sites (tertiary alicyclic amines) is 1. The summed E-state index contributed by atoms with van der Waals surface area (Å²) in [5.74, 6) is 0.0377. The van der Waals surface area contributed by atoms with Gasteiger partial charge >= 0.3 is 0 Å². The number of rotatable bonds is 2. The van der Waals surface area contributed by atoms with Gasteiger partial charge in [0.1, 0.15) is 5.69 Å². The lowest BCUT2D eigenvalue weighted by molar-refractivity contribution is 0.0692. The Labute approximate surface area is 143 Å². The smallest absolute Gasteiger partial charge is 0.272 e. The van der Waals surface area contributed by atoms with Crippen LogP contribution in [-0.2, 0) is 0 Å². The van der Waals surface area contributed by atoms with E-state index in [0.717, 1.165) is 36.8 Å². The van der Waals surface area contributed by atoms with Crippen molar-refractivity contribution in [2.24, 2.45) is 0 Å². The quantitative estimate of drug-likeness (QED) is 0.913. The molecule has 3 rings (SSSR count). The average Bonchev–Trinajstić information content (AvgIpc) is 2.53. The molecule has 1 atom stereocenters. The highest BCUT2D eigenvalue weighted by Crippen LogP contribution is 2.16. The van der Waals surface area contributed by atoms with Gasteiger partial charge in [0, 0.05) is 24.5 Å². The van der Waals surface area contributed by atoms with Crippen LogP contribution in [0, 0.1) is 0 Å². The lowest BCUT2D eigenvalue weighted by atomic mass is 10.1. The molecular weight excluding hydrogens is 321 g/mol. The molecule has 1 saturated heterocycles. The third-order valence-corrected chi connectivity index (χ3v) is 3.93. The monoisotopic (exact) mass is 341 g/mol. The van der Waals surface area contributed by atoms with E-state index in [9.17, 15) is 4.79 Å². The number of carbonyl (C=O) groups is 1. The molecule has 2 aromatic rings. The fourth-order valence-corrected chi connectivity index (χ4v) is 2.74. The molecule has 120 valence electrons. The molecule has 0 spiro atoms. The van der Waals surface area contributed by atoms with Gasteiger partial charge in [-0.2, -0.15) is 0 Å². The molecule has 0 bridgehead atoms. The topological polar surface area (TPSA) is 45.2 Å². The van der Waals surface area contributed by atoms with Gasteiger partial charge in [0.05, 0.1) is 5.52 Å². The number of likely N-dealkylation sites (N-methyl/N-ethyl adjacent to an activating group) is 1. The fourth-order valence-electron chi connectivity index (χ4n) is 2.74. The summed E-state index contributed by atoms with van der Waals surface area (Å²) in [4.78, 5) is 18.9.